The van der Waals surface area contributed by atoms with Crippen molar-refractivity contribution in [1.29, 1.82) is 0 Å². The summed E-state index contributed by atoms with van der Waals surface area (Å²) < 4.78 is 24.7. The van der Waals surface area contributed by atoms with Gasteiger partial charge in [0.1, 0.15) is 0 Å². The van der Waals surface area contributed by atoms with Crippen LogP contribution in [0.15, 0.2) is 16.8 Å². The lowest BCUT2D eigenvalue weighted by Crippen LogP contribution is -2.28. The lowest BCUT2D eigenvalue weighted by atomic mass is 10.3. The Kier molecular flexibility index (Phi) is 5.97. The van der Waals surface area contributed by atoms with Gasteiger partial charge < -0.3 is 5.32 Å². The average Bonchev–Trinajstić information content (AvgIpc) is 2.76. The Morgan fingerprint density at radius 3 is 2.81 bits per heavy atom. The number of sulfonamides is 1. The van der Waals surface area contributed by atoms with Crippen molar-refractivity contribution in [3.63, 3.8) is 0 Å². The van der Waals surface area contributed by atoms with Gasteiger partial charge in [-0.05, 0) is 42.3 Å². The van der Waals surface area contributed by atoms with Crippen molar-refractivity contribution < 1.29 is 8.42 Å². The first-order valence-electron chi connectivity index (χ1n) is 5.33. The van der Waals surface area contributed by atoms with E-state index in [1.165, 1.54) is 5.56 Å². The van der Waals surface area contributed by atoms with Crippen molar-refractivity contribution in [2.75, 3.05) is 18.8 Å². The molecule has 0 fully saturated rings. The van der Waals surface area contributed by atoms with Gasteiger partial charge in [-0.1, -0.05) is 0 Å². The van der Waals surface area contributed by atoms with Crippen LogP contribution in [0.3, 0.4) is 0 Å². The zero-order valence-corrected chi connectivity index (χ0v) is 11.0. The number of hydrogen-bond donors (Lipinski definition) is 2. The van der Waals surface area contributed by atoms with E-state index in [1.807, 2.05) is 5.38 Å². The maximum absolute atomic E-state index is 11.1. The Bertz CT molecular complexity index is 374. The lowest BCUT2D eigenvalue weighted by Gasteiger charge is -2.05. The van der Waals surface area contributed by atoms with Gasteiger partial charge in [-0.25, -0.2) is 13.1 Å². The Morgan fingerprint density at radius 1 is 1.38 bits per heavy atom. The minimum absolute atomic E-state index is 0.148. The van der Waals surface area contributed by atoms with Gasteiger partial charge in [-0.15, -0.1) is 0 Å². The van der Waals surface area contributed by atoms with Crippen LogP contribution < -0.4 is 10.0 Å². The Labute approximate surface area is 101 Å². The van der Waals surface area contributed by atoms with E-state index >= 15 is 0 Å². The van der Waals surface area contributed by atoms with E-state index in [4.69, 9.17) is 0 Å². The van der Waals surface area contributed by atoms with Crippen LogP contribution in [-0.2, 0) is 16.6 Å². The Hall–Kier alpha value is -0.430. The van der Waals surface area contributed by atoms with Crippen LogP contribution >= 0.6 is 11.3 Å². The second-order valence-electron chi connectivity index (χ2n) is 3.46. The highest BCUT2D eigenvalue weighted by Gasteiger charge is 2.03. The van der Waals surface area contributed by atoms with Gasteiger partial charge in [0.15, 0.2) is 0 Å². The first kappa shape index (κ1) is 13.6. The monoisotopic (exact) mass is 262 g/mol. The third-order valence-electron chi connectivity index (χ3n) is 2.14. The molecule has 92 valence electrons. The molecule has 1 aromatic heterocycles. The van der Waals surface area contributed by atoms with E-state index in [0.717, 1.165) is 19.5 Å². The summed E-state index contributed by atoms with van der Waals surface area (Å²) in [5.41, 5.74) is 1.28. The summed E-state index contributed by atoms with van der Waals surface area (Å²) in [7, 11) is -3.03. The van der Waals surface area contributed by atoms with Crippen molar-refractivity contribution >= 4 is 21.4 Å². The van der Waals surface area contributed by atoms with Crippen LogP contribution in [0, 0.1) is 0 Å². The van der Waals surface area contributed by atoms with Gasteiger partial charge in [-0.2, -0.15) is 11.3 Å². The average molecular weight is 262 g/mol. The molecule has 0 atom stereocenters. The highest BCUT2D eigenvalue weighted by molar-refractivity contribution is 7.89. The van der Waals surface area contributed by atoms with E-state index in [-0.39, 0.29) is 5.75 Å². The Balaban J connectivity index is 2.01. The molecule has 0 aromatic carbocycles. The van der Waals surface area contributed by atoms with Crippen molar-refractivity contribution in [2.45, 2.75) is 19.9 Å². The molecule has 0 amide bonds. The topological polar surface area (TPSA) is 58.2 Å². The maximum Gasteiger partial charge on any atom is 0.211 e. The SMILES string of the molecule is CCS(=O)(=O)NCCCNCc1ccsc1. The van der Waals surface area contributed by atoms with Crippen molar-refractivity contribution in [1.82, 2.24) is 10.0 Å². The second kappa shape index (κ2) is 7.01. The van der Waals surface area contributed by atoms with Crippen LogP contribution in [0.5, 0.6) is 0 Å². The smallest absolute Gasteiger partial charge is 0.211 e. The Morgan fingerprint density at radius 2 is 2.19 bits per heavy atom. The van der Waals surface area contributed by atoms with Gasteiger partial charge in [0.05, 0.1) is 5.75 Å². The van der Waals surface area contributed by atoms with E-state index in [0.29, 0.717) is 6.54 Å². The van der Waals surface area contributed by atoms with Crippen molar-refractivity contribution in [2.24, 2.45) is 0 Å². The molecule has 0 bridgehead atoms. The van der Waals surface area contributed by atoms with Crippen molar-refractivity contribution in [3.8, 4) is 0 Å². The normalized spacial score (nSPS) is 11.8. The summed E-state index contributed by atoms with van der Waals surface area (Å²) >= 11 is 1.68. The minimum Gasteiger partial charge on any atom is -0.313 e. The fourth-order valence-electron chi connectivity index (χ4n) is 1.17. The molecule has 1 heterocycles. The first-order chi connectivity index (χ1) is 7.64. The number of thiophene rings is 1. The lowest BCUT2D eigenvalue weighted by molar-refractivity contribution is 0.575. The fraction of sp³-hybridized carbons (Fsp3) is 0.600. The highest BCUT2D eigenvalue weighted by Crippen LogP contribution is 2.04. The number of nitrogens with one attached hydrogen (secondary N) is 2. The molecule has 16 heavy (non-hydrogen) atoms. The molecule has 0 radical (unpaired) electrons. The minimum atomic E-state index is -3.03. The molecule has 0 aliphatic carbocycles. The van der Waals surface area contributed by atoms with Crippen LogP contribution in [0.2, 0.25) is 0 Å². The van der Waals surface area contributed by atoms with Crippen LogP contribution in [0.1, 0.15) is 18.9 Å². The van der Waals surface area contributed by atoms with Gasteiger partial charge >= 0.3 is 0 Å². The zero-order valence-electron chi connectivity index (χ0n) is 9.40. The van der Waals surface area contributed by atoms with Gasteiger partial charge in [0, 0.05) is 13.1 Å². The summed E-state index contributed by atoms with van der Waals surface area (Å²) in [5.74, 6) is 0.148. The summed E-state index contributed by atoms with van der Waals surface area (Å²) in [6, 6.07) is 2.08. The molecule has 2 N–H and O–H groups in total. The first-order valence-corrected chi connectivity index (χ1v) is 7.92. The summed E-state index contributed by atoms with van der Waals surface area (Å²) in [5, 5.41) is 7.42. The summed E-state index contributed by atoms with van der Waals surface area (Å²) in [6.07, 6.45) is 0.809. The summed E-state index contributed by atoms with van der Waals surface area (Å²) in [4.78, 5) is 0. The quantitative estimate of drug-likeness (QED) is 0.691. The molecule has 1 aromatic rings. The molecular formula is C10H18N2O2S2. The predicted octanol–water partition coefficient (Wildman–Crippen LogP) is 1.17. The van der Waals surface area contributed by atoms with E-state index in [2.05, 4.69) is 21.5 Å². The standard InChI is InChI=1S/C10H18N2O2S2/c1-2-16(13,14)12-6-3-5-11-8-10-4-7-15-9-10/h4,7,9,11-12H,2-3,5-6,8H2,1H3. The highest BCUT2D eigenvalue weighted by atomic mass is 32.2. The molecular weight excluding hydrogens is 244 g/mol. The van der Waals surface area contributed by atoms with Gasteiger partial charge in [-0.3, -0.25) is 0 Å². The molecule has 0 unspecified atom stereocenters. The van der Waals surface area contributed by atoms with Crippen molar-refractivity contribution in [3.05, 3.63) is 22.4 Å². The van der Waals surface area contributed by atoms with E-state index < -0.39 is 10.0 Å². The number of hydrogen-bond acceptors (Lipinski definition) is 4. The molecule has 4 nitrogen and oxygen atoms in total. The molecule has 1 rings (SSSR count). The van der Waals surface area contributed by atoms with E-state index in [9.17, 15) is 8.42 Å². The third kappa shape index (κ3) is 5.60. The number of rotatable bonds is 8. The fourth-order valence-corrected chi connectivity index (χ4v) is 2.50. The van der Waals surface area contributed by atoms with Crippen LogP contribution in [-0.4, -0.2) is 27.3 Å². The molecule has 0 aliphatic heterocycles. The molecule has 0 saturated heterocycles. The van der Waals surface area contributed by atoms with Crippen LogP contribution in [0.25, 0.3) is 0 Å². The molecule has 0 aliphatic rings. The van der Waals surface area contributed by atoms with Gasteiger partial charge in [0.2, 0.25) is 10.0 Å². The third-order valence-corrected chi connectivity index (χ3v) is 4.28. The maximum atomic E-state index is 11.1. The van der Waals surface area contributed by atoms with E-state index in [1.54, 1.807) is 18.3 Å². The second-order valence-corrected chi connectivity index (χ2v) is 6.34. The molecule has 0 saturated carbocycles. The predicted molar refractivity (Wildman–Crippen MR) is 68.1 cm³/mol. The van der Waals surface area contributed by atoms with Gasteiger partial charge in [0.25, 0.3) is 0 Å². The largest absolute Gasteiger partial charge is 0.313 e. The van der Waals surface area contributed by atoms with Crippen LogP contribution in [0.4, 0.5) is 0 Å². The molecule has 0 spiro atoms. The zero-order chi connectivity index (χ0) is 11.9. The summed E-state index contributed by atoms with van der Waals surface area (Å²) in [6.45, 7) is 3.82. The molecule has 6 heteroatoms.